The van der Waals surface area contributed by atoms with Crippen molar-refractivity contribution < 1.29 is 9.18 Å². The van der Waals surface area contributed by atoms with Gasteiger partial charge in [0.2, 0.25) is 5.91 Å². The summed E-state index contributed by atoms with van der Waals surface area (Å²) in [6.07, 6.45) is 3.98. The molecule has 1 aliphatic rings. The molecule has 1 saturated heterocycles. The van der Waals surface area contributed by atoms with Gasteiger partial charge in [-0.3, -0.25) is 4.79 Å². The molecule has 1 amide bonds. The van der Waals surface area contributed by atoms with Crippen LogP contribution in [0, 0.1) is 5.82 Å². The van der Waals surface area contributed by atoms with Crippen molar-refractivity contribution in [1.82, 2.24) is 10.2 Å². The maximum absolute atomic E-state index is 13.4. The first-order chi connectivity index (χ1) is 9.16. The monoisotopic (exact) mass is 264 g/mol. The molecule has 2 rings (SSSR count). The van der Waals surface area contributed by atoms with Crippen LogP contribution < -0.4 is 5.32 Å². The number of nitrogens with one attached hydrogen (secondary N) is 1. The summed E-state index contributed by atoms with van der Waals surface area (Å²) in [5, 5.41) is 2.80. The van der Waals surface area contributed by atoms with Gasteiger partial charge in [-0.15, -0.1) is 0 Å². The average molecular weight is 264 g/mol. The molecule has 1 unspecified atom stereocenters. The highest BCUT2D eigenvalue weighted by atomic mass is 19.1. The number of benzene rings is 1. The van der Waals surface area contributed by atoms with Crippen LogP contribution in [0.1, 0.15) is 31.2 Å². The Morgan fingerprint density at radius 2 is 2.21 bits per heavy atom. The molecule has 1 N–H and O–H groups in total. The molecule has 1 atom stereocenters. The van der Waals surface area contributed by atoms with Crippen molar-refractivity contribution in [2.75, 3.05) is 13.6 Å². The summed E-state index contributed by atoms with van der Waals surface area (Å²) in [7, 11) is 2.06. The van der Waals surface area contributed by atoms with Gasteiger partial charge in [-0.1, -0.05) is 24.6 Å². The van der Waals surface area contributed by atoms with Crippen molar-refractivity contribution in [2.45, 2.75) is 38.3 Å². The summed E-state index contributed by atoms with van der Waals surface area (Å²) in [6.45, 7) is 1.33. The smallest absolute Gasteiger partial charge is 0.221 e. The van der Waals surface area contributed by atoms with Gasteiger partial charge in [-0.25, -0.2) is 4.39 Å². The number of likely N-dealkylation sites (tertiary alicyclic amines) is 1. The Hall–Kier alpha value is -1.42. The first-order valence-corrected chi connectivity index (χ1v) is 6.87. The number of hydrogen-bond acceptors (Lipinski definition) is 2. The van der Waals surface area contributed by atoms with Crippen LogP contribution >= 0.6 is 0 Å². The van der Waals surface area contributed by atoms with E-state index in [-0.39, 0.29) is 18.3 Å². The molecule has 0 spiro atoms. The van der Waals surface area contributed by atoms with Gasteiger partial charge in [0, 0.05) is 24.6 Å². The number of rotatable bonds is 4. The Morgan fingerprint density at radius 1 is 1.42 bits per heavy atom. The zero-order valence-corrected chi connectivity index (χ0v) is 11.4. The van der Waals surface area contributed by atoms with Gasteiger partial charge in [0.15, 0.2) is 0 Å². The number of hydrogen-bond donors (Lipinski definition) is 1. The number of halogens is 1. The molecule has 1 fully saturated rings. The molecule has 19 heavy (non-hydrogen) atoms. The second kappa shape index (κ2) is 6.66. The van der Waals surface area contributed by atoms with E-state index in [0.29, 0.717) is 18.0 Å². The minimum absolute atomic E-state index is 0.00185. The molecular formula is C15H21FN2O. The van der Waals surface area contributed by atoms with Crippen molar-refractivity contribution in [3.8, 4) is 0 Å². The van der Waals surface area contributed by atoms with Crippen molar-refractivity contribution in [3.05, 3.63) is 35.6 Å². The quantitative estimate of drug-likeness (QED) is 0.905. The molecule has 4 heteroatoms. The Kier molecular flexibility index (Phi) is 4.91. The third-order valence-electron chi connectivity index (χ3n) is 3.78. The van der Waals surface area contributed by atoms with E-state index in [1.54, 1.807) is 18.2 Å². The first kappa shape index (κ1) is 14.0. The lowest BCUT2D eigenvalue weighted by molar-refractivity contribution is -0.122. The van der Waals surface area contributed by atoms with E-state index in [2.05, 4.69) is 17.3 Å². The van der Waals surface area contributed by atoms with Gasteiger partial charge in [-0.2, -0.15) is 0 Å². The molecule has 0 aliphatic carbocycles. The predicted molar refractivity (Wildman–Crippen MR) is 73.1 cm³/mol. The van der Waals surface area contributed by atoms with Crippen molar-refractivity contribution in [1.29, 1.82) is 0 Å². The Morgan fingerprint density at radius 3 is 2.95 bits per heavy atom. The summed E-state index contributed by atoms with van der Waals surface area (Å²) < 4.78 is 13.4. The molecule has 0 bridgehead atoms. The van der Waals surface area contributed by atoms with E-state index in [4.69, 9.17) is 0 Å². The lowest BCUT2D eigenvalue weighted by Crippen LogP contribution is -2.40. The van der Waals surface area contributed by atoms with Crippen molar-refractivity contribution in [3.63, 3.8) is 0 Å². The lowest BCUT2D eigenvalue weighted by Gasteiger charge is -2.31. The van der Waals surface area contributed by atoms with Crippen molar-refractivity contribution in [2.24, 2.45) is 0 Å². The normalized spacial score (nSPS) is 20.2. The maximum atomic E-state index is 13.4. The summed E-state index contributed by atoms with van der Waals surface area (Å²) in [5.41, 5.74) is 0.535. The van der Waals surface area contributed by atoms with Gasteiger partial charge in [0.05, 0.1) is 0 Å². The summed E-state index contributed by atoms with van der Waals surface area (Å²) >= 11 is 0. The summed E-state index contributed by atoms with van der Waals surface area (Å²) in [6, 6.07) is 6.87. The highest BCUT2D eigenvalue weighted by Crippen LogP contribution is 2.17. The molecule has 0 radical (unpaired) electrons. The first-order valence-electron chi connectivity index (χ1n) is 6.87. The third-order valence-corrected chi connectivity index (χ3v) is 3.78. The zero-order chi connectivity index (χ0) is 13.7. The van der Waals surface area contributed by atoms with Crippen LogP contribution in [0.25, 0.3) is 0 Å². The van der Waals surface area contributed by atoms with Crippen LogP contribution in [0.15, 0.2) is 24.3 Å². The third kappa shape index (κ3) is 4.03. The van der Waals surface area contributed by atoms with Crippen LogP contribution in [0.3, 0.4) is 0 Å². The van der Waals surface area contributed by atoms with E-state index in [1.165, 1.54) is 18.9 Å². The number of nitrogens with zero attached hydrogens (tertiary/aromatic N) is 1. The SMILES string of the molecule is CN1CCCCC1CC(=O)NCc1ccccc1F. The van der Waals surface area contributed by atoms with Gasteiger partial charge < -0.3 is 10.2 Å². The molecular weight excluding hydrogens is 243 g/mol. The largest absolute Gasteiger partial charge is 0.352 e. The number of carbonyl (C=O) groups is 1. The van der Waals surface area contributed by atoms with Crippen LogP contribution in [-0.4, -0.2) is 30.4 Å². The average Bonchev–Trinajstić information content (AvgIpc) is 2.40. The molecule has 104 valence electrons. The molecule has 1 heterocycles. The van der Waals surface area contributed by atoms with E-state index in [1.807, 2.05) is 0 Å². The van der Waals surface area contributed by atoms with E-state index in [9.17, 15) is 9.18 Å². The fourth-order valence-corrected chi connectivity index (χ4v) is 2.52. The minimum atomic E-state index is -0.266. The molecule has 3 nitrogen and oxygen atoms in total. The highest BCUT2D eigenvalue weighted by Gasteiger charge is 2.21. The van der Waals surface area contributed by atoms with E-state index < -0.39 is 0 Å². The molecule has 1 aliphatic heterocycles. The highest BCUT2D eigenvalue weighted by molar-refractivity contribution is 5.76. The van der Waals surface area contributed by atoms with Crippen molar-refractivity contribution >= 4 is 5.91 Å². The Balaban J connectivity index is 1.80. The standard InChI is InChI=1S/C15H21FN2O/c1-18-9-5-4-7-13(18)10-15(19)17-11-12-6-2-3-8-14(12)16/h2-3,6,8,13H,4-5,7,9-11H2,1H3,(H,17,19). The van der Waals surface area contributed by atoms with Crippen LogP contribution in [0.5, 0.6) is 0 Å². The fourth-order valence-electron chi connectivity index (χ4n) is 2.52. The minimum Gasteiger partial charge on any atom is -0.352 e. The molecule has 0 aromatic heterocycles. The Labute approximate surface area is 113 Å². The van der Waals surface area contributed by atoms with Crippen LogP contribution in [0.4, 0.5) is 4.39 Å². The van der Waals surface area contributed by atoms with Gasteiger partial charge in [0.25, 0.3) is 0 Å². The van der Waals surface area contributed by atoms with Gasteiger partial charge in [-0.05, 0) is 32.5 Å². The van der Waals surface area contributed by atoms with Crippen LogP contribution in [0.2, 0.25) is 0 Å². The maximum Gasteiger partial charge on any atom is 0.221 e. The lowest BCUT2D eigenvalue weighted by atomic mass is 10.00. The second-order valence-electron chi connectivity index (χ2n) is 5.20. The zero-order valence-electron chi connectivity index (χ0n) is 11.4. The topological polar surface area (TPSA) is 32.3 Å². The molecule has 1 aromatic rings. The van der Waals surface area contributed by atoms with E-state index in [0.717, 1.165) is 13.0 Å². The van der Waals surface area contributed by atoms with E-state index >= 15 is 0 Å². The predicted octanol–water partition coefficient (Wildman–Crippen LogP) is 2.32. The van der Waals surface area contributed by atoms with Crippen LogP contribution in [-0.2, 0) is 11.3 Å². The Bertz CT molecular complexity index is 436. The summed E-state index contributed by atoms with van der Waals surface area (Å²) in [4.78, 5) is 14.1. The van der Waals surface area contributed by atoms with Gasteiger partial charge >= 0.3 is 0 Å². The number of amides is 1. The number of piperidine rings is 1. The van der Waals surface area contributed by atoms with Gasteiger partial charge in [0.1, 0.15) is 5.82 Å². The molecule has 1 aromatic carbocycles. The fraction of sp³-hybridized carbons (Fsp3) is 0.533. The summed E-state index contributed by atoms with van der Waals surface area (Å²) in [5.74, 6) is -0.264. The number of carbonyl (C=O) groups excluding carboxylic acids is 1. The second-order valence-corrected chi connectivity index (χ2v) is 5.20. The molecule has 0 saturated carbocycles.